The molecular formula is C22H21BrO2S2. The molecule has 1 heterocycles. The summed E-state index contributed by atoms with van der Waals surface area (Å²) in [6.07, 6.45) is 1.23. The van der Waals surface area contributed by atoms with Crippen molar-refractivity contribution in [2.75, 3.05) is 18.6 Å². The summed E-state index contributed by atoms with van der Waals surface area (Å²) in [5, 5.41) is 0. The maximum atomic E-state index is 12.8. The topological polar surface area (TPSA) is 26.3 Å². The maximum absolute atomic E-state index is 12.8. The number of hydrogen-bond acceptors (Lipinski definition) is 4. The molecule has 2 aliphatic rings. The lowest BCUT2D eigenvalue weighted by Gasteiger charge is -2.44. The third-order valence-corrected chi connectivity index (χ3v) is 8.65. The van der Waals surface area contributed by atoms with E-state index >= 15 is 0 Å². The first-order chi connectivity index (χ1) is 13.2. The van der Waals surface area contributed by atoms with E-state index in [1.165, 1.54) is 35.8 Å². The van der Waals surface area contributed by atoms with Crippen molar-refractivity contribution in [2.24, 2.45) is 5.92 Å². The van der Waals surface area contributed by atoms with E-state index in [0.29, 0.717) is 4.58 Å². The lowest BCUT2D eigenvalue weighted by Crippen LogP contribution is -2.39. The molecule has 2 aromatic rings. The minimum atomic E-state index is -0.200. The molecule has 1 fully saturated rings. The number of hydrogen-bond donors (Lipinski definition) is 0. The average Bonchev–Trinajstić information content (AvgIpc) is 2.70. The molecule has 0 amide bonds. The van der Waals surface area contributed by atoms with E-state index in [-0.39, 0.29) is 17.8 Å². The van der Waals surface area contributed by atoms with Crippen molar-refractivity contribution >= 4 is 51.0 Å². The van der Waals surface area contributed by atoms with Crippen molar-refractivity contribution in [3.8, 4) is 0 Å². The highest BCUT2D eigenvalue weighted by atomic mass is 79.9. The molecule has 0 unspecified atom stereocenters. The van der Waals surface area contributed by atoms with Gasteiger partial charge in [-0.2, -0.15) is 0 Å². The fourth-order valence-electron chi connectivity index (χ4n) is 3.92. The van der Waals surface area contributed by atoms with Crippen LogP contribution in [0.1, 0.15) is 23.5 Å². The highest BCUT2D eigenvalue weighted by Crippen LogP contribution is 2.58. The molecule has 1 aliphatic heterocycles. The standard InChI is InChI=1S/C22H21BrO2S2/c1-25-21(24)19-17(15-8-10-16(23)11-9-15)18(14-6-3-2-4-7-14)20(19)22-26-12-5-13-27-22/h2-4,6-11,17,19,22H,5,12-13H2,1H3/t17-,19+/m1/s1. The van der Waals surface area contributed by atoms with Crippen LogP contribution in [0, 0.1) is 5.92 Å². The molecule has 1 saturated heterocycles. The summed E-state index contributed by atoms with van der Waals surface area (Å²) < 4.78 is 6.62. The number of esters is 1. The Hall–Kier alpha value is -1.17. The third kappa shape index (κ3) is 3.74. The van der Waals surface area contributed by atoms with Gasteiger partial charge in [0.2, 0.25) is 0 Å². The molecule has 0 N–H and O–H groups in total. The van der Waals surface area contributed by atoms with Crippen LogP contribution >= 0.6 is 39.5 Å². The van der Waals surface area contributed by atoms with Crippen molar-refractivity contribution in [1.29, 1.82) is 0 Å². The maximum Gasteiger partial charge on any atom is 0.313 e. The Morgan fingerprint density at radius 2 is 1.70 bits per heavy atom. The van der Waals surface area contributed by atoms with Crippen molar-refractivity contribution in [1.82, 2.24) is 0 Å². The molecule has 4 rings (SSSR count). The van der Waals surface area contributed by atoms with Gasteiger partial charge in [0.25, 0.3) is 0 Å². The van der Waals surface area contributed by atoms with Gasteiger partial charge in [0.15, 0.2) is 0 Å². The zero-order valence-electron chi connectivity index (χ0n) is 15.1. The van der Waals surface area contributed by atoms with Crippen LogP contribution in [0.2, 0.25) is 0 Å². The van der Waals surface area contributed by atoms with Crippen molar-refractivity contribution in [3.63, 3.8) is 0 Å². The molecule has 5 heteroatoms. The minimum Gasteiger partial charge on any atom is -0.469 e. The molecule has 0 bridgehead atoms. The molecule has 140 valence electrons. The molecule has 27 heavy (non-hydrogen) atoms. The molecule has 2 nitrogen and oxygen atoms in total. The Kier molecular flexibility index (Phi) is 6.00. The predicted molar refractivity (Wildman–Crippen MR) is 119 cm³/mol. The zero-order valence-corrected chi connectivity index (χ0v) is 18.3. The van der Waals surface area contributed by atoms with Crippen LogP contribution in [0.5, 0.6) is 0 Å². The summed E-state index contributed by atoms with van der Waals surface area (Å²) in [6, 6.07) is 18.8. The van der Waals surface area contributed by atoms with Gasteiger partial charge in [0, 0.05) is 10.4 Å². The van der Waals surface area contributed by atoms with Crippen molar-refractivity contribution in [2.45, 2.75) is 16.9 Å². The van der Waals surface area contributed by atoms with Crippen LogP contribution in [0.15, 0.2) is 64.6 Å². The fraction of sp³-hybridized carbons (Fsp3) is 0.318. The van der Waals surface area contributed by atoms with E-state index in [1.54, 1.807) is 0 Å². The number of benzene rings is 2. The van der Waals surface area contributed by atoms with Gasteiger partial charge in [-0.3, -0.25) is 4.79 Å². The van der Waals surface area contributed by atoms with Gasteiger partial charge >= 0.3 is 5.97 Å². The first kappa shape index (κ1) is 19.2. The number of carbonyl (C=O) groups is 1. The predicted octanol–water partition coefficient (Wildman–Crippen LogP) is 5.99. The summed E-state index contributed by atoms with van der Waals surface area (Å²) >= 11 is 7.45. The van der Waals surface area contributed by atoms with E-state index < -0.39 is 0 Å². The molecular weight excluding hydrogens is 440 g/mol. The van der Waals surface area contributed by atoms with Crippen LogP contribution in [0.4, 0.5) is 0 Å². The fourth-order valence-corrected chi connectivity index (χ4v) is 7.29. The molecule has 0 spiro atoms. The number of allylic oxidation sites excluding steroid dienone is 1. The second-order valence-corrected chi connectivity index (χ2v) is 10.3. The number of ether oxygens (including phenoxy) is 1. The van der Waals surface area contributed by atoms with Gasteiger partial charge in [-0.05, 0) is 52.3 Å². The lowest BCUT2D eigenvalue weighted by atomic mass is 9.63. The highest BCUT2D eigenvalue weighted by molar-refractivity contribution is 9.10. The minimum absolute atomic E-state index is 0.0473. The number of halogens is 1. The summed E-state index contributed by atoms with van der Waals surface area (Å²) in [5.74, 6) is 2.03. The van der Waals surface area contributed by atoms with Gasteiger partial charge in [0.05, 0.1) is 17.6 Å². The Balaban J connectivity index is 1.85. The van der Waals surface area contributed by atoms with E-state index in [4.69, 9.17) is 4.74 Å². The van der Waals surface area contributed by atoms with Crippen LogP contribution in [-0.2, 0) is 9.53 Å². The average molecular weight is 461 g/mol. The smallest absolute Gasteiger partial charge is 0.313 e. The van der Waals surface area contributed by atoms with Gasteiger partial charge < -0.3 is 4.74 Å². The molecule has 1 aliphatic carbocycles. The first-order valence-electron chi connectivity index (χ1n) is 9.06. The monoisotopic (exact) mass is 460 g/mol. The number of thioether (sulfide) groups is 2. The SMILES string of the molecule is COC(=O)[C@@H]1C(C2SCCCS2)=C(c2ccccc2)[C@H]1c1ccc(Br)cc1. The van der Waals surface area contributed by atoms with E-state index in [2.05, 4.69) is 52.3 Å². The van der Waals surface area contributed by atoms with Crippen LogP contribution in [0.3, 0.4) is 0 Å². The van der Waals surface area contributed by atoms with E-state index in [0.717, 1.165) is 16.0 Å². The van der Waals surface area contributed by atoms with Crippen molar-refractivity contribution in [3.05, 3.63) is 75.8 Å². The van der Waals surface area contributed by atoms with E-state index in [9.17, 15) is 4.79 Å². The number of carbonyl (C=O) groups excluding carboxylic acids is 1. The van der Waals surface area contributed by atoms with Crippen molar-refractivity contribution < 1.29 is 9.53 Å². The summed E-state index contributed by atoms with van der Waals surface area (Å²) in [5.41, 5.74) is 4.95. The zero-order chi connectivity index (χ0) is 18.8. The van der Waals surface area contributed by atoms with E-state index in [1.807, 2.05) is 41.7 Å². The molecule has 0 saturated carbocycles. The third-order valence-electron chi connectivity index (χ3n) is 5.14. The second kappa shape index (κ2) is 8.46. The Labute approximate surface area is 177 Å². The largest absolute Gasteiger partial charge is 0.469 e. The Morgan fingerprint density at radius 1 is 1.04 bits per heavy atom. The first-order valence-corrected chi connectivity index (χ1v) is 12.0. The summed E-state index contributed by atoms with van der Waals surface area (Å²) in [6.45, 7) is 0. The van der Waals surface area contributed by atoms with Gasteiger partial charge in [-0.15, -0.1) is 23.5 Å². The summed E-state index contributed by atoms with van der Waals surface area (Å²) in [4.78, 5) is 12.8. The highest BCUT2D eigenvalue weighted by Gasteiger charge is 2.49. The Bertz CT molecular complexity index is 842. The van der Waals surface area contributed by atoms with Gasteiger partial charge in [-0.25, -0.2) is 0 Å². The summed E-state index contributed by atoms with van der Waals surface area (Å²) in [7, 11) is 1.50. The van der Waals surface area contributed by atoms with Crippen LogP contribution < -0.4 is 0 Å². The number of methoxy groups -OCH3 is 1. The molecule has 2 aromatic carbocycles. The number of rotatable bonds is 4. The lowest BCUT2D eigenvalue weighted by molar-refractivity contribution is -0.144. The van der Waals surface area contributed by atoms with Gasteiger partial charge in [0.1, 0.15) is 0 Å². The molecule has 0 aromatic heterocycles. The second-order valence-electron chi connectivity index (χ2n) is 6.69. The molecule has 2 atom stereocenters. The quantitative estimate of drug-likeness (QED) is 0.523. The van der Waals surface area contributed by atoms with Crippen LogP contribution in [-0.4, -0.2) is 29.2 Å². The van der Waals surface area contributed by atoms with Crippen LogP contribution in [0.25, 0.3) is 5.57 Å². The Morgan fingerprint density at radius 3 is 2.33 bits per heavy atom. The van der Waals surface area contributed by atoms with Gasteiger partial charge in [-0.1, -0.05) is 58.4 Å². The normalized spacial score (nSPS) is 23.0. The molecule has 0 radical (unpaired) electrons.